The Labute approximate surface area is 182 Å². The molecule has 7 nitrogen and oxygen atoms in total. The number of aromatic nitrogens is 2. The minimum Gasteiger partial charge on any atom is -0.481 e. The Hall–Kier alpha value is -2.78. The monoisotopic (exact) mass is 445 g/mol. The number of hydrogen-bond acceptors (Lipinski definition) is 6. The van der Waals surface area contributed by atoms with Crippen molar-refractivity contribution in [2.45, 2.75) is 38.8 Å². The summed E-state index contributed by atoms with van der Waals surface area (Å²) in [6.07, 6.45) is 2.13. The number of piperidine rings is 1. The van der Waals surface area contributed by atoms with E-state index < -0.39 is 11.4 Å². The molecule has 0 radical (unpaired) electrons. The van der Waals surface area contributed by atoms with Crippen LogP contribution in [0.25, 0.3) is 10.2 Å². The molecule has 0 atom stereocenters. The first-order chi connectivity index (χ1) is 14.8. The van der Waals surface area contributed by atoms with Crippen LogP contribution in [-0.4, -0.2) is 50.8 Å². The van der Waals surface area contributed by atoms with Crippen molar-refractivity contribution in [3.8, 4) is 5.75 Å². The Bertz CT molecular complexity index is 1180. The van der Waals surface area contributed by atoms with Gasteiger partial charge in [0, 0.05) is 18.0 Å². The van der Waals surface area contributed by atoms with Gasteiger partial charge in [0.05, 0.1) is 23.9 Å². The third-order valence-electron chi connectivity index (χ3n) is 5.86. The average molecular weight is 446 g/mol. The average Bonchev–Trinajstić information content (AvgIpc) is 3.04. The van der Waals surface area contributed by atoms with Gasteiger partial charge in [-0.05, 0) is 44.4 Å². The number of carbonyl (C=O) groups excluding carboxylic acids is 1. The van der Waals surface area contributed by atoms with Gasteiger partial charge in [0.2, 0.25) is 0 Å². The molecule has 1 N–H and O–H groups in total. The number of hydrogen-bond donors (Lipinski definition) is 1. The topological polar surface area (TPSA) is 84.7 Å². The fraction of sp³-hybridized carbons (Fsp3) is 0.409. The number of aliphatic hydroxyl groups is 1. The molecule has 0 aliphatic carbocycles. The van der Waals surface area contributed by atoms with E-state index in [1.54, 1.807) is 17.0 Å². The minimum absolute atomic E-state index is 0.0330. The van der Waals surface area contributed by atoms with Gasteiger partial charge in [0.15, 0.2) is 18.2 Å². The first-order valence-electron chi connectivity index (χ1n) is 10.1. The fourth-order valence-electron chi connectivity index (χ4n) is 3.82. The lowest BCUT2D eigenvalue weighted by molar-refractivity contribution is -0.138. The summed E-state index contributed by atoms with van der Waals surface area (Å²) >= 11 is 1.49. The van der Waals surface area contributed by atoms with Crippen LogP contribution in [0.5, 0.6) is 5.75 Å². The number of aryl methyl sites for hydroxylation is 2. The zero-order chi connectivity index (χ0) is 22.2. The molecule has 1 amide bonds. The van der Waals surface area contributed by atoms with Crippen LogP contribution in [0.3, 0.4) is 0 Å². The molecule has 0 spiro atoms. The molecule has 2 aromatic heterocycles. The van der Waals surface area contributed by atoms with E-state index in [2.05, 4.69) is 4.98 Å². The van der Waals surface area contributed by atoms with Crippen molar-refractivity contribution in [3.63, 3.8) is 0 Å². The van der Waals surface area contributed by atoms with Gasteiger partial charge in [0.25, 0.3) is 11.5 Å². The molecule has 0 saturated carbocycles. The minimum atomic E-state index is -1.11. The van der Waals surface area contributed by atoms with E-state index in [0.29, 0.717) is 36.1 Å². The molecule has 0 unspecified atom stereocenters. The predicted octanol–water partition coefficient (Wildman–Crippen LogP) is 2.65. The molecule has 9 heteroatoms. The summed E-state index contributed by atoms with van der Waals surface area (Å²) in [4.78, 5) is 33.1. The highest BCUT2D eigenvalue weighted by Gasteiger charge is 2.35. The Morgan fingerprint density at radius 3 is 2.71 bits per heavy atom. The second-order valence-corrected chi connectivity index (χ2v) is 9.17. The van der Waals surface area contributed by atoms with Gasteiger partial charge in [-0.2, -0.15) is 0 Å². The smallest absolute Gasteiger partial charge is 0.262 e. The van der Waals surface area contributed by atoms with Gasteiger partial charge in [-0.3, -0.25) is 14.2 Å². The molecule has 0 bridgehead atoms. The van der Waals surface area contributed by atoms with Gasteiger partial charge < -0.3 is 14.7 Å². The van der Waals surface area contributed by atoms with Crippen LogP contribution in [-0.2, 0) is 11.3 Å². The van der Waals surface area contributed by atoms with Gasteiger partial charge in [-0.1, -0.05) is 12.1 Å². The zero-order valence-corrected chi connectivity index (χ0v) is 18.2. The summed E-state index contributed by atoms with van der Waals surface area (Å²) in [5.41, 5.74) is -0.340. The lowest BCUT2D eigenvalue weighted by atomic mass is 9.91. The maximum absolute atomic E-state index is 13.6. The molecular weight excluding hydrogens is 421 g/mol. The SMILES string of the molecule is Cc1sc2ncn(CC3(O)CCN(C(=O)COc4ccccc4F)CC3)c(=O)c2c1C. The van der Waals surface area contributed by atoms with E-state index in [0.717, 1.165) is 10.4 Å². The second-order valence-electron chi connectivity index (χ2n) is 7.97. The quantitative estimate of drug-likeness (QED) is 0.653. The molecule has 1 aliphatic rings. The first kappa shape index (κ1) is 21.5. The molecule has 1 aromatic carbocycles. The van der Waals surface area contributed by atoms with Crippen molar-refractivity contribution >= 4 is 27.5 Å². The van der Waals surface area contributed by atoms with Crippen molar-refractivity contribution in [1.82, 2.24) is 14.5 Å². The number of thiophene rings is 1. The van der Waals surface area contributed by atoms with Gasteiger partial charge in [-0.25, -0.2) is 9.37 Å². The third-order valence-corrected chi connectivity index (χ3v) is 6.97. The Kier molecular flexibility index (Phi) is 5.81. The lowest BCUT2D eigenvalue weighted by Gasteiger charge is -2.38. The summed E-state index contributed by atoms with van der Waals surface area (Å²) in [6, 6.07) is 5.93. The van der Waals surface area contributed by atoms with E-state index >= 15 is 0 Å². The van der Waals surface area contributed by atoms with Crippen molar-refractivity contribution in [2.24, 2.45) is 0 Å². The maximum atomic E-state index is 13.6. The van der Waals surface area contributed by atoms with E-state index in [4.69, 9.17) is 4.74 Å². The van der Waals surface area contributed by atoms with Gasteiger partial charge in [-0.15, -0.1) is 11.3 Å². The number of halogens is 1. The van der Waals surface area contributed by atoms with E-state index in [1.807, 2.05) is 13.8 Å². The summed E-state index contributed by atoms with van der Waals surface area (Å²) in [6.45, 7) is 4.38. The fourth-order valence-corrected chi connectivity index (χ4v) is 4.81. The van der Waals surface area contributed by atoms with Crippen LogP contribution < -0.4 is 10.3 Å². The van der Waals surface area contributed by atoms with Crippen LogP contribution in [0, 0.1) is 19.7 Å². The summed E-state index contributed by atoms with van der Waals surface area (Å²) in [7, 11) is 0. The van der Waals surface area contributed by atoms with E-state index in [9.17, 15) is 19.1 Å². The van der Waals surface area contributed by atoms with Crippen LogP contribution in [0.1, 0.15) is 23.3 Å². The predicted molar refractivity (Wildman–Crippen MR) is 116 cm³/mol. The highest BCUT2D eigenvalue weighted by molar-refractivity contribution is 7.18. The molecule has 1 saturated heterocycles. The molecule has 31 heavy (non-hydrogen) atoms. The van der Waals surface area contributed by atoms with Crippen molar-refractivity contribution < 1.29 is 19.0 Å². The second kappa shape index (κ2) is 8.39. The zero-order valence-electron chi connectivity index (χ0n) is 17.4. The van der Waals surface area contributed by atoms with Crippen molar-refractivity contribution in [2.75, 3.05) is 19.7 Å². The molecular formula is C22H24FN3O4S. The van der Waals surface area contributed by atoms with Crippen LogP contribution in [0.4, 0.5) is 4.39 Å². The highest BCUT2D eigenvalue weighted by atomic mass is 32.1. The van der Waals surface area contributed by atoms with Crippen LogP contribution in [0.15, 0.2) is 35.4 Å². The molecule has 3 aromatic rings. The largest absolute Gasteiger partial charge is 0.481 e. The van der Waals surface area contributed by atoms with Crippen molar-refractivity contribution in [3.05, 3.63) is 57.2 Å². The number of benzene rings is 1. The molecule has 3 heterocycles. The van der Waals surface area contributed by atoms with Crippen molar-refractivity contribution in [1.29, 1.82) is 0 Å². The summed E-state index contributed by atoms with van der Waals surface area (Å²) in [5.74, 6) is -0.754. The number of likely N-dealkylation sites (tertiary alicyclic amines) is 1. The maximum Gasteiger partial charge on any atom is 0.262 e. The number of ether oxygens (including phenoxy) is 1. The van der Waals surface area contributed by atoms with Gasteiger partial charge in [0.1, 0.15) is 4.83 Å². The van der Waals surface area contributed by atoms with E-state index in [1.165, 1.54) is 34.4 Å². The molecule has 4 rings (SSSR count). The summed E-state index contributed by atoms with van der Waals surface area (Å²) < 4.78 is 20.4. The Balaban J connectivity index is 1.38. The lowest BCUT2D eigenvalue weighted by Crippen LogP contribution is -2.50. The summed E-state index contributed by atoms with van der Waals surface area (Å²) in [5, 5.41) is 11.6. The Morgan fingerprint density at radius 1 is 1.29 bits per heavy atom. The van der Waals surface area contributed by atoms with Crippen LogP contribution in [0.2, 0.25) is 0 Å². The normalized spacial score (nSPS) is 15.9. The number of fused-ring (bicyclic) bond motifs is 1. The van der Waals surface area contributed by atoms with E-state index in [-0.39, 0.29) is 30.4 Å². The van der Waals surface area contributed by atoms with Gasteiger partial charge >= 0.3 is 0 Å². The first-order valence-corrected chi connectivity index (χ1v) is 10.9. The number of amides is 1. The number of carbonyl (C=O) groups is 1. The third kappa shape index (κ3) is 4.33. The Morgan fingerprint density at radius 2 is 2.00 bits per heavy atom. The number of rotatable bonds is 5. The standard InChI is InChI=1S/C22H24FN3O4S/c1-14-15(2)31-20-19(14)21(28)26(13-24-20)12-22(29)7-9-25(10-8-22)18(27)11-30-17-6-4-3-5-16(17)23/h3-6,13,29H,7-12H2,1-2H3. The molecule has 1 aliphatic heterocycles. The van der Waals surface area contributed by atoms with Crippen LogP contribution >= 0.6 is 11.3 Å². The molecule has 1 fully saturated rings. The number of para-hydroxylation sites is 1. The molecule has 164 valence electrons. The highest BCUT2D eigenvalue weighted by Crippen LogP contribution is 2.27. The number of nitrogens with zero attached hydrogens (tertiary/aromatic N) is 3.